The Bertz CT molecular complexity index is 126. The van der Waals surface area contributed by atoms with Crippen LogP contribution in [-0.2, 0) is 4.74 Å². The van der Waals surface area contributed by atoms with Gasteiger partial charge in [-0.25, -0.2) is 10.8 Å². The molecule has 0 radical (unpaired) electrons. The number of hydrazine groups is 1. The summed E-state index contributed by atoms with van der Waals surface area (Å²) in [6.45, 7) is 5.08. The maximum atomic E-state index is 5.28. The molecule has 0 aliphatic heterocycles. The molecule has 0 saturated heterocycles. The van der Waals surface area contributed by atoms with Gasteiger partial charge in [-0.15, -0.1) is 0 Å². The molecule has 1 unspecified atom stereocenters. The highest BCUT2D eigenvalue weighted by Gasteiger charge is 1.97. The van der Waals surface area contributed by atoms with Gasteiger partial charge in [0.2, 0.25) is 5.96 Å². The Morgan fingerprint density at radius 3 is 2.82 bits per heavy atom. The summed E-state index contributed by atoms with van der Waals surface area (Å²) in [4.78, 5) is 3.89. The number of rotatable bonds is 4. The monoisotopic (exact) mass is 160 g/mol. The summed E-state index contributed by atoms with van der Waals surface area (Å²) in [5, 5.41) is 0. The summed E-state index contributed by atoms with van der Waals surface area (Å²) >= 11 is 0. The Morgan fingerprint density at radius 1 is 1.73 bits per heavy atom. The van der Waals surface area contributed by atoms with Crippen molar-refractivity contribution >= 4 is 5.96 Å². The first kappa shape index (κ1) is 10.2. The van der Waals surface area contributed by atoms with Gasteiger partial charge in [-0.1, -0.05) is 0 Å². The van der Waals surface area contributed by atoms with E-state index in [1.165, 1.54) is 0 Å². The number of nitrogens with one attached hydrogen (secondary N) is 1. The molecule has 0 amide bonds. The molecule has 5 heteroatoms. The number of nitrogens with zero attached hydrogens (tertiary/aromatic N) is 1. The molecule has 0 spiro atoms. The third-order valence-corrected chi connectivity index (χ3v) is 1.12. The highest BCUT2D eigenvalue weighted by atomic mass is 16.5. The number of hydrogen-bond acceptors (Lipinski definition) is 3. The molecule has 0 saturated carbocycles. The minimum Gasteiger partial charge on any atom is -0.377 e. The number of aliphatic imine (C=N–C) groups is 1. The summed E-state index contributed by atoms with van der Waals surface area (Å²) in [5.74, 6) is 5.22. The normalized spacial score (nSPS) is 14.6. The first-order valence-electron chi connectivity index (χ1n) is 3.58. The van der Waals surface area contributed by atoms with Gasteiger partial charge in [-0.05, 0) is 13.8 Å². The van der Waals surface area contributed by atoms with Crippen LogP contribution in [0.2, 0.25) is 0 Å². The molecule has 1 atom stereocenters. The fourth-order valence-corrected chi connectivity index (χ4v) is 0.610. The highest BCUT2D eigenvalue weighted by Crippen LogP contribution is 1.89. The molecule has 0 rings (SSSR count). The molecule has 0 aliphatic carbocycles. The molecular weight excluding hydrogens is 144 g/mol. The molecule has 0 aliphatic rings. The van der Waals surface area contributed by atoms with E-state index in [1.54, 1.807) is 0 Å². The van der Waals surface area contributed by atoms with Crippen LogP contribution in [0.25, 0.3) is 0 Å². The second kappa shape index (κ2) is 5.94. The molecule has 0 bridgehead atoms. The Kier molecular flexibility index (Phi) is 5.50. The van der Waals surface area contributed by atoms with E-state index < -0.39 is 0 Å². The van der Waals surface area contributed by atoms with Crippen molar-refractivity contribution in [2.75, 3.05) is 13.2 Å². The van der Waals surface area contributed by atoms with Crippen LogP contribution in [0.4, 0.5) is 0 Å². The molecular formula is C6H16N4O. The predicted molar refractivity (Wildman–Crippen MR) is 44.9 cm³/mol. The van der Waals surface area contributed by atoms with Gasteiger partial charge in [0, 0.05) is 6.61 Å². The van der Waals surface area contributed by atoms with E-state index >= 15 is 0 Å². The van der Waals surface area contributed by atoms with Crippen LogP contribution in [0.3, 0.4) is 0 Å². The highest BCUT2D eigenvalue weighted by molar-refractivity contribution is 5.77. The average Bonchev–Trinajstić information content (AvgIpc) is 2.01. The molecule has 5 nitrogen and oxygen atoms in total. The van der Waals surface area contributed by atoms with Gasteiger partial charge in [0.05, 0.1) is 12.6 Å². The van der Waals surface area contributed by atoms with E-state index in [-0.39, 0.29) is 12.1 Å². The van der Waals surface area contributed by atoms with Gasteiger partial charge in [0.25, 0.3) is 0 Å². The molecule has 0 aromatic carbocycles. The topological polar surface area (TPSA) is 85.7 Å². The van der Waals surface area contributed by atoms with Crippen LogP contribution in [0, 0.1) is 0 Å². The van der Waals surface area contributed by atoms with Crippen molar-refractivity contribution in [2.24, 2.45) is 16.6 Å². The number of guanidine groups is 1. The molecule has 66 valence electrons. The van der Waals surface area contributed by atoms with Crippen molar-refractivity contribution in [3.63, 3.8) is 0 Å². The Labute approximate surface area is 66.8 Å². The maximum absolute atomic E-state index is 5.28. The lowest BCUT2D eigenvalue weighted by Gasteiger charge is -2.08. The zero-order chi connectivity index (χ0) is 8.69. The largest absolute Gasteiger partial charge is 0.377 e. The second-order valence-corrected chi connectivity index (χ2v) is 2.14. The van der Waals surface area contributed by atoms with Gasteiger partial charge in [-0.3, -0.25) is 5.43 Å². The van der Waals surface area contributed by atoms with E-state index in [9.17, 15) is 0 Å². The minimum absolute atomic E-state index is 0.0897. The van der Waals surface area contributed by atoms with Crippen molar-refractivity contribution in [1.29, 1.82) is 0 Å². The third kappa shape index (κ3) is 5.63. The Morgan fingerprint density at radius 2 is 2.36 bits per heavy atom. The van der Waals surface area contributed by atoms with Crippen LogP contribution in [0.15, 0.2) is 4.99 Å². The average molecular weight is 160 g/mol. The Hall–Kier alpha value is -0.810. The third-order valence-electron chi connectivity index (χ3n) is 1.12. The lowest BCUT2D eigenvalue weighted by atomic mass is 10.4. The van der Waals surface area contributed by atoms with Crippen molar-refractivity contribution < 1.29 is 4.74 Å². The summed E-state index contributed by atoms with van der Waals surface area (Å²) in [6.07, 6.45) is 0.0897. The van der Waals surface area contributed by atoms with Gasteiger partial charge in [0.1, 0.15) is 0 Å². The van der Waals surface area contributed by atoms with Gasteiger partial charge >= 0.3 is 0 Å². The predicted octanol–water partition coefficient (Wildman–Crippen LogP) is -0.811. The summed E-state index contributed by atoms with van der Waals surface area (Å²) in [7, 11) is 0. The lowest BCUT2D eigenvalue weighted by molar-refractivity contribution is 0.0829. The summed E-state index contributed by atoms with van der Waals surface area (Å²) < 4.78 is 5.21. The van der Waals surface area contributed by atoms with Crippen LogP contribution >= 0.6 is 0 Å². The van der Waals surface area contributed by atoms with Crippen molar-refractivity contribution in [3.05, 3.63) is 0 Å². The number of ether oxygens (including phenoxy) is 1. The second-order valence-electron chi connectivity index (χ2n) is 2.14. The number of nitrogens with two attached hydrogens (primary N) is 2. The van der Waals surface area contributed by atoms with Crippen LogP contribution < -0.4 is 17.0 Å². The van der Waals surface area contributed by atoms with E-state index in [4.69, 9.17) is 16.3 Å². The first-order valence-corrected chi connectivity index (χ1v) is 3.58. The zero-order valence-corrected chi connectivity index (χ0v) is 7.00. The molecule has 0 aromatic heterocycles. The molecule has 0 aromatic rings. The smallest absolute Gasteiger partial charge is 0.203 e. The van der Waals surface area contributed by atoms with E-state index in [0.29, 0.717) is 13.2 Å². The first-order chi connectivity index (χ1) is 5.20. The zero-order valence-electron chi connectivity index (χ0n) is 7.00. The van der Waals surface area contributed by atoms with Crippen LogP contribution in [0.5, 0.6) is 0 Å². The van der Waals surface area contributed by atoms with Crippen molar-refractivity contribution in [1.82, 2.24) is 5.43 Å². The van der Waals surface area contributed by atoms with Crippen molar-refractivity contribution in [2.45, 2.75) is 20.0 Å². The van der Waals surface area contributed by atoms with Gasteiger partial charge < -0.3 is 10.5 Å². The summed E-state index contributed by atoms with van der Waals surface area (Å²) in [6, 6.07) is 0. The number of hydrogen-bond donors (Lipinski definition) is 3. The van der Waals surface area contributed by atoms with E-state index in [2.05, 4.69) is 10.4 Å². The molecule has 0 fully saturated rings. The van der Waals surface area contributed by atoms with Crippen molar-refractivity contribution in [3.8, 4) is 0 Å². The Balaban J connectivity index is 3.50. The van der Waals surface area contributed by atoms with Crippen LogP contribution in [0.1, 0.15) is 13.8 Å². The van der Waals surface area contributed by atoms with E-state index in [0.717, 1.165) is 0 Å². The SMILES string of the molecule is CCOC(C)CN=C(N)NN. The molecule has 5 N–H and O–H groups in total. The summed E-state index contributed by atoms with van der Waals surface area (Å²) in [5.41, 5.74) is 7.51. The standard InChI is InChI=1S/C6H16N4O/c1-3-11-5(2)4-9-6(7)10-8/h5H,3-4,8H2,1-2H3,(H3,7,9,10). The van der Waals surface area contributed by atoms with E-state index in [1.807, 2.05) is 13.8 Å². The fraction of sp³-hybridized carbons (Fsp3) is 0.833. The maximum Gasteiger partial charge on any atom is 0.203 e. The molecule has 0 heterocycles. The fourth-order valence-electron chi connectivity index (χ4n) is 0.610. The quantitative estimate of drug-likeness (QED) is 0.217. The van der Waals surface area contributed by atoms with Crippen LogP contribution in [-0.4, -0.2) is 25.2 Å². The molecule has 11 heavy (non-hydrogen) atoms. The van der Waals surface area contributed by atoms with Gasteiger partial charge in [-0.2, -0.15) is 0 Å². The van der Waals surface area contributed by atoms with Gasteiger partial charge in [0.15, 0.2) is 0 Å². The minimum atomic E-state index is 0.0897. The lowest BCUT2D eigenvalue weighted by Crippen LogP contribution is -2.37.